The molecule has 12 rings (SSSR count). The summed E-state index contributed by atoms with van der Waals surface area (Å²) in [5.74, 6) is 0.691. The van der Waals surface area contributed by atoms with E-state index in [4.69, 9.17) is 15.0 Å². The number of para-hydroxylation sites is 2. The Kier molecular flexibility index (Phi) is 8.79. The Morgan fingerprint density at radius 3 is 1.44 bits per heavy atom. The second-order valence-corrected chi connectivity index (χ2v) is 16.0. The summed E-state index contributed by atoms with van der Waals surface area (Å²) in [6.45, 7) is 0. The van der Waals surface area contributed by atoms with Crippen molar-refractivity contribution in [2.75, 3.05) is 0 Å². The predicted octanol–water partition coefficient (Wildman–Crippen LogP) is 15.3. The third-order valence-electron chi connectivity index (χ3n) is 12.2. The molecule has 9 aromatic carbocycles. The lowest BCUT2D eigenvalue weighted by Crippen LogP contribution is -1.97. The average Bonchev–Trinajstić information content (AvgIpc) is 3.71. The zero-order valence-corrected chi connectivity index (χ0v) is 34.2. The van der Waals surface area contributed by atoms with E-state index in [1.807, 2.05) is 18.2 Å². The maximum atomic E-state index is 5.29. The highest BCUT2D eigenvalue weighted by atomic mass is 15.0. The molecular weight excluding hydrogens is 765 g/mol. The van der Waals surface area contributed by atoms with E-state index in [1.165, 1.54) is 38.3 Å². The van der Waals surface area contributed by atoms with Gasteiger partial charge >= 0.3 is 0 Å². The van der Waals surface area contributed by atoms with Crippen LogP contribution in [0.3, 0.4) is 0 Å². The van der Waals surface area contributed by atoms with Crippen LogP contribution in [0.5, 0.6) is 0 Å². The fourth-order valence-corrected chi connectivity index (χ4v) is 9.18. The van der Waals surface area contributed by atoms with E-state index in [-0.39, 0.29) is 0 Å². The molecule has 0 fully saturated rings. The van der Waals surface area contributed by atoms with Crippen molar-refractivity contribution in [3.8, 4) is 73.1 Å². The number of fused-ring (bicyclic) bond motifs is 6. The van der Waals surface area contributed by atoms with Crippen LogP contribution < -0.4 is 0 Å². The molecule has 0 saturated heterocycles. The van der Waals surface area contributed by atoms with Crippen molar-refractivity contribution >= 4 is 43.5 Å². The van der Waals surface area contributed by atoms with E-state index < -0.39 is 0 Å². The van der Waals surface area contributed by atoms with E-state index in [1.54, 1.807) is 0 Å². The van der Waals surface area contributed by atoms with E-state index in [9.17, 15) is 0 Å². The number of rotatable bonds is 7. The first-order chi connectivity index (χ1) is 31.2. The van der Waals surface area contributed by atoms with Crippen LogP contribution in [0.1, 0.15) is 0 Å². The van der Waals surface area contributed by atoms with Gasteiger partial charge in [-0.3, -0.25) is 0 Å². The zero-order chi connectivity index (χ0) is 41.7. The Morgan fingerprint density at radius 2 is 0.810 bits per heavy atom. The van der Waals surface area contributed by atoms with Crippen LogP contribution in [-0.4, -0.2) is 19.5 Å². The Morgan fingerprint density at radius 1 is 0.302 bits per heavy atom. The van der Waals surface area contributed by atoms with Crippen molar-refractivity contribution in [2.45, 2.75) is 0 Å². The van der Waals surface area contributed by atoms with Crippen molar-refractivity contribution in [3.05, 3.63) is 231 Å². The van der Waals surface area contributed by atoms with Gasteiger partial charge in [-0.1, -0.05) is 188 Å². The van der Waals surface area contributed by atoms with Gasteiger partial charge in [0.05, 0.1) is 33.6 Å². The molecule has 0 radical (unpaired) electrons. The van der Waals surface area contributed by atoms with Gasteiger partial charge < -0.3 is 4.57 Å². The van der Waals surface area contributed by atoms with Crippen molar-refractivity contribution < 1.29 is 0 Å². The van der Waals surface area contributed by atoms with Gasteiger partial charge in [0.1, 0.15) is 0 Å². The number of benzene rings is 9. The molecule has 0 aliphatic carbocycles. The summed E-state index contributed by atoms with van der Waals surface area (Å²) in [5.41, 5.74) is 15.9. The largest absolute Gasteiger partial charge is 0.309 e. The first-order valence-corrected chi connectivity index (χ1v) is 21.4. The van der Waals surface area contributed by atoms with Gasteiger partial charge in [0.2, 0.25) is 0 Å². The van der Waals surface area contributed by atoms with Crippen molar-refractivity contribution in [3.63, 3.8) is 0 Å². The molecule has 294 valence electrons. The fraction of sp³-hybridized carbons (Fsp3) is 0. The second kappa shape index (κ2) is 15.2. The number of hydrogen-bond acceptors (Lipinski definition) is 3. The summed E-state index contributed by atoms with van der Waals surface area (Å²) >= 11 is 0. The minimum absolute atomic E-state index is 0.691. The molecule has 0 aliphatic rings. The highest BCUT2D eigenvalue weighted by molar-refractivity contribution is 6.17. The predicted molar refractivity (Wildman–Crippen MR) is 262 cm³/mol. The first kappa shape index (κ1) is 36.4. The Labute approximate surface area is 365 Å². The van der Waals surface area contributed by atoms with Gasteiger partial charge in [-0.05, 0) is 64.7 Å². The molecule has 0 saturated carbocycles. The van der Waals surface area contributed by atoms with Gasteiger partial charge in [0.25, 0.3) is 0 Å². The van der Waals surface area contributed by atoms with Crippen LogP contribution >= 0.6 is 0 Å². The zero-order valence-electron chi connectivity index (χ0n) is 34.2. The number of aromatic nitrogens is 4. The standard InChI is InChI=1S/C59H38N4/c1-4-15-40(16-5-1)47-23-14-24-50-57(47)51-37-45(33-36-52(51)60-58(50)43-17-6-2-7-18-43)39-27-29-41(30-28-39)53-38-54(62-59(61-53)44-19-8-3-9-20-44)42-31-34-46(35-32-42)63-55-25-12-10-21-48(55)49-22-11-13-26-56(49)63/h1-38H. The quantitative estimate of drug-likeness (QED) is 0.151. The lowest BCUT2D eigenvalue weighted by Gasteiger charge is -2.15. The monoisotopic (exact) mass is 802 g/mol. The maximum absolute atomic E-state index is 5.29. The highest BCUT2D eigenvalue weighted by Gasteiger charge is 2.17. The highest BCUT2D eigenvalue weighted by Crippen LogP contribution is 2.40. The third-order valence-corrected chi connectivity index (χ3v) is 12.2. The summed E-state index contributed by atoms with van der Waals surface area (Å²) in [6.07, 6.45) is 0. The molecule has 3 aromatic heterocycles. The van der Waals surface area contributed by atoms with E-state index in [0.29, 0.717) is 5.82 Å². The van der Waals surface area contributed by atoms with Gasteiger partial charge in [-0.15, -0.1) is 0 Å². The van der Waals surface area contributed by atoms with Gasteiger partial charge in [0, 0.05) is 54.9 Å². The van der Waals surface area contributed by atoms with Crippen LogP contribution in [0.25, 0.3) is 117 Å². The molecule has 3 heterocycles. The molecule has 4 heteroatoms. The number of hydrogen-bond donors (Lipinski definition) is 0. The molecular formula is C59H38N4. The van der Waals surface area contributed by atoms with Crippen molar-refractivity contribution in [1.82, 2.24) is 19.5 Å². The fourth-order valence-electron chi connectivity index (χ4n) is 9.18. The summed E-state index contributed by atoms with van der Waals surface area (Å²) in [4.78, 5) is 15.6. The first-order valence-electron chi connectivity index (χ1n) is 21.4. The smallest absolute Gasteiger partial charge is 0.160 e. The summed E-state index contributed by atoms with van der Waals surface area (Å²) in [5, 5.41) is 5.96. The molecule has 12 aromatic rings. The van der Waals surface area contributed by atoms with Crippen LogP contribution in [-0.2, 0) is 0 Å². The van der Waals surface area contributed by atoms with Gasteiger partial charge in [-0.25, -0.2) is 15.0 Å². The molecule has 63 heavy (non-hydrogen) atoms. The molecule has 0 unspecified atom stereocenters. The second-order valence-electron chi connectivity index (χ2n) is 16.0. The molecule has 0 N–H and O–H groups in total. The Hall–Kier alpha value is -8.47. The van der Waals surface area contributed by atoms with Crippen LogP contribution in [0.2, 0.25) is 0 Å². The molecule has 0 bridgehead atoms. The van der Waals surface area contributed by atoms with Gasteiger partial charge in [-0.2, -0.15) is 0 Å². The summed E-state index contributed by atoms with van der Waals surface area (Å²) in [7, 11) is 0. The number of nitrogens with zero attached hydrogens (tertiary/aromatic N) is 4. The Bertz CT molecular complexity index is 3580. The summed E-state index contributed by atoms with van der Waals surface area (Å²) < 4.78 is 2.34. The van der Waals surface area contributed by atoms with E-state index in [2.05, 4.69) is 217 Å². The average molecular weight is 803 g/mol. The Balaban J connectivity index is 0.942. The molecule has 0 atom stereocenters. The SMILES string of the molecule is c1ccc(-c2nc(-c3ccc(-c4ccc5nc(-c6ccccc6)c6cccc(-c7ccccc7)c6c5c4)cc3)cc(-c3ccc(-n4c5ccccc5c5ccccc54)cc3)n2)cc1. The minimum atomic E-state index is 0.691. The molecule has 4 nitrogen and oxygen atoms in total. The molecule has 0 aliphatic heterocycles. The molecule has 0 amide bonds. The van der Waals surface area contributed by atoms with E-state index >= 15 is 0 Å². The lowest BCUT2D eigenvalue weighted by atomic mass is 9.91. The van der Waals surface area contributed by atoms with Crippen molar-refractivity contribution in [2.24, 2.45) is 0 Å². The van der Waals surface area contributed by atoms with Crippen molar-refractivity contribution in [1.29, 1.82) is 0 Å². The van der Waals surface area contributed by atoms with E-state index in [0.717, 1.165) is 72.4 Å². The van der Waals surface area contributed by atoms with Crippen LogP contribution in [0.15, 0.2) is 231 Å². The van der Waals surface area contributed by atoms with Crippen LogP contribution in [0.4, 0.5) is 0 Å². The molecule has 0 spiro atoms. The summed E-state index contributed by atoms with van der Waals surface area (Å²) in [6, 6.07) is 81.5. The maximum Gasteiger partial charge on any atom is 0.160 e. The minimum Gasteiger partial charge on any atom is -0.309 e. The third kappa shape index (κ3) is 6.44. The van der Waals surface area contributed by atoms with Crippen LogP contribution in [0, 0.1) is 0 Å². The lowest BCUT2D eigenvalue weighted by molar-refractivity contribution is 1.17. The topological polar surface area (TPSA) is 43.6 Å². The number of pyridine rings is 1. The van der Waals surface area contributed by atoms with Gasteiger partial charge in [0.15, 0.2) is 5.82 Å². The normalized spacial score (nSPS) is 11.5.